The second kappa shape index (κ2) is 10.6. The van der Waals surface area contributed by atoms with E-state index in [9.17, 15) is 10.1 Å². The van der Waals surface area contributed by atoms with Gasteiger partial charge in [-0.1, -0.05) is 86.5 Å². The van der Waals surface area contributed by atoms with Crippen LogP contribution in [0.4, 0.5) is 22.7 Å². The van der Waals surface area contributed by atoms with Crippen LogP contribution in [0.3, 0.4) is 0 Å². The molecule has 0 spiro atoms. The lowest BCUT2D eigenvalue weighted by Crippen LogP contribution is -1.97. The zero-order valence-electron chi connectivity index (χ0n) is 17.4. The number of nitro benzene ring substituents is 1. The minimum atomic E-state index is -0.407. The summed E-state index contributed by atoms with van der Waals surface area (Å²) in [5.74, 6) is 0.310. The molecule has 5 rings (SSSR count). The lowest BCUT2D eigenvalue weighted by atomic mass is 9.93. The third kappa shape index (κ3) is 5.74. The van der Waals surface area contributed by atoms with Crippen LogP contribution < -0.4 is 5.32 Å². The molecule has 164 valence electrons. The molecule has 0 aromatic heterocycles. The number of nitro groups is 1. The number of fused-ring (bicyclic) bond motifs is 1. The first-order chi connectivity index (χ1) is 16.0. The summed E-state index contributed by atoms with van der Waals surface area (Å²) in [6, 6.07) is 31.0. The van der Waals surface area contributed by atoms with Crippen LogP contribution >= 0.6 is 31.9 Å². The molecule has 1 aliphatic rings. The summed E-state index contributed by atoms with van der Waals surface area (Å²) in [7, 11) is 0. The van der Waals surface area contributed by atoms with Gasteiger partial charge in [0.2, 0.25) is 0 Å². The molecule has 1 aliphatic heterocycles. The Hall–Kier alpha value is -3.29. The Morgan fingerprint density at radius 3 is 2.15 bits per heavy atom. The summed E-state index contributed by atoms with van der Waals surface area (Å²) >= 11 is 6.68. The first kappa shape index (κ1) is 22.9. The van der Waals surface area contributed by atoms with Crippen LogP contribution in [-0.4, -0.2) is 11.1 Å². The van der Waals surface area contributed by atoms with Gasteiger partial charge in [-0.2, -0.15) is 0 Å². The van der Waals surface area contributed by atoms with Crippen molar-refractivity contribution in [3.05, 3.63) is 127 Å². The summed E-state index contributed by atoms with van der Waals surface area (Å²) in [4.78, 5) is 15.0. The van der Waals surface area contributed by atoms with E-state index < -0.39 is 4.92 Å². The van der Waals surface area contributed by atoms with Gasteiger partial charge in [-0.25, -0.2) is 0 Å². The fourth-order valence-electron chi connectivity index (χ4n) is 3.49. The highest BCUT2D eigenvalue weighted by Crippen LogP contribution is 2.37. The Balaban J connectivity index is 0.000000157. The van der Waals surface area contributed by atoms with Crippen LogP contribution in [-0.2, 0) is 0 Å². The highest BCUT2D eigenvalue weighted by Gasteiger charge is 2.20. The smallest absolute Gasteiger partial charge is 0.293 e. The quantitative estimate of drug-likeness (QED) is 0.200. The molecule has 33 heavy (non-hydrogen) atoms. The fraction of sp³-hybridized carbons (Fsp3) is 0.0385. The molecule has 0 aliphatic carbocycles. The topological polar surface area (TPSA) is 67.5 Å². The van der Waals surface area contributed by atoms with Crippen molar-refractivity contribution >= 4 is 60.8 Å². The Bertz CT molecular complexity index is 1300. The lowest BCUT2D eigenvalue weighted by Gasteiger charge is -2.09. The second-order valence-electron chi connectivity index (χ2n) is 7.28. The Labute approximate surface area is 208 Å². The summed E-state index contributed by atoms with van der Waals surface area (Å²) in [6.07, 6.45) is 2.02. The van der Waals surface area contributed by atoms with Gasteiger partial charge in [0.25, 0.3) is 5.69 Å². The molecule has 7 heteroatoms. The molecule has 0 bridgehead atoms. The lowest BCUT2D eigenvalue weighted by molar-refractivity contribution is -0.384. The molecule has 4 aromatic rings. The highest BCUT2D eigenvalue weighted by atomic mass is 79.9. The van der Waals surface area contributed by atoms with E-state index in [1.807, 2.05) is 42.6 Å². The van der Waals surface area contributed by atoms with Gasteiger partial charge in [0.15, 0.2) is 0 Å². The number of hydrogen-bond acceptors (Lipinski definition) is 4. The number of para-hydroxylation sites is 1. The van der Waals surface area contributed by atoms with Crippen molar-refractivity contribution in [2.45, 2.75) is 5.92 Å². The predicted molar refractivity (Wildman–Crippen MR) is 141 cm³/mol. The van der Waals surface area contributed by atoms with E-state index >= 15 is 0 Å². The molecule has 4 aromatic carbocycles. The molecular formula is C26H19Br2N3O2. The summed E-state index contributed by atoms with van der Waals surface area (Å²) in [5, 5.41) is 13.9. The molecule has 1 N–H and O–H groups in total. The number of rotatable bonds is 4. The standard InChI is InChI=1S/C14H10BrN.C12H9BrN2O2/c15-11-6-7-12-13(9-16-14(12)8-11)10-4-2-1-3-5-10;13-9-6-7-11(12(8-9)15(16)17)14-10-4-2-1-3-5-10/h1-9,13H;1-8,14H. The molecule has 0 amide bonds. The van der Waals surface area contributed by atoms with Gasteiger partial charge in [-0.15, -0.1) is 0 Å². The van der Waals surface area contributed by atoms with E-state index in [2.05, 4.69) is 84.6 Å². The van der Waals surface area contributed by atoms with Crippen LogP contribution in [0.25, 0.3) is 0 Å². The third-order valence-electron chi connectivity index (χ3n) is 5.06. The average Bonchev–Trinajstić information content (AvgIpc) is 3.25. The van der Waals surface area contributed by atoms with E-state index in [4.69, 9.17) is 0 Å². The maximum Gasteiger partial charge on any atom is 0.293 e. The Morgan fingerprint density at radius 1 is 0.818 bits per heavy atom. The minimum absolute atomic E-state index is 0.0447. The van der Waals surface area contributed by atoms with Gasteiger partial charge < -0.3 is 5.32 Å². The molecule has 0 fully saturated rings. The van der Waals surface area contributed by atoms with Crippen molar-refractivity contribution in [1.29, 1.82) is 0 Å². The number of nitrogens with zero attached hydrogens (tertiary/aromatic N) is 2. The number of anilines is 2. The second-order valence-corrected chi connectivity index (χ2v) is 9.11. The van der Waals surface area contributed by atoms with Crippen molar-refractivity contribution in [3.63, 3.8) is 0 Å². The van der Waals surface area contributed by atoms with Crippen molar-refractivity contribution in [1.82, 2.24) is 0 Å². The van der Waals surface area contributed by atoms with Crippen LogP contribution in [0.2, 0.25) is 0 Å². The molecule has 0 radical (unpaired) electrons. The van der Waals surface area contributed by atoms with Crippen molar-refractivity contribution in [3.8, 4) is 0 Å². The highest BCUT2D eigenvalue weighted by molar-refractivity contribution is 9.10. The Morgan fingerprint density at radius 2 is 1.45 bits per heavy atom. The third-order valence-corrected chi connectivity index (χ3v) is 6.04. The Kier molecular flexibility index (Phi) is 7.32. The molecule has 1 unspecified atom stereocenters. The van der Waals surface area contributed by atoms with E-state index in [0.29, 0.717) is 16.1 Å². The minimum Gasteiger partial charge on any atom is -0.350 e. The van der Waals surface area contributed by atoms with Gasteiger partial charge >= 0.3 is 0 Å². The summed E-state index contributed by atoms with van der Waals surface area (Å²) < 4.78 is 1.76. The molecule has 5 nitrogen and oxygen atoms in total. The first-order valence-corrected chi connectivity index (χ1v) is 11.7. The van der Waals surface area contributed by atoms with Gasteiger partial charge in [0.1, 0.15) is 5.69 Å². The van der Waals surface area contributed by atoms with Crippen molar-refractivity contribution < 1.29 is 4.92 Å². The van der Waals surface area contributed by atoms with E-state index in [-0.39, 0.29) is 5.69 Å². The number of hydrogen-bond donors (Lipinski definition) is 1. The normalized spacial score (nSPS) is 13.6. The van der Waals surface area contributed by atoms with Gasteiger partial charge in [-0.05, 0) is 47.5 Å². The van der Waals surface area contributed by atoms with E-state index in [0.717, 1.165) is 15.8 Å². The number of benzene rings is 4. The average molecular weight is 565 g/mol. The molecule has 0 saturated heterocycles. The first-order valence-electron chi connectivity index (χ1n) is 10.2. The number of nitrogens with one attached hydrogen (secondary N) is 1. The van der Waals surface area contributed by atoms with Crippen LogP contribution in [0.1, 0.15) is 17.0 Å². The molecule has 0 saturated carbocycles. The SMILES string of the molecule is Brc1ccc2c(c1)N=CC2c1ccccc1.O=[N+]([O-])c1cc(Br)ccc1Nc1ccccc1. The molecule has 1 heterocycles. The zero-order chi connectivity index (χ0) is 23.2. The van der Waals surface area contributed by atoms with Gasteiger partial charge in [0, 0.05) is 32.8 Å². The predicted octanol–water partition coefficient (Wildman–Crippen LogP) is 8.40. The van der Waals surface area contributed by atoms with Crippen LogP contribution in [0.5, 0.6) is 0 Å². The largest absolute Gasteiger partial charge is 0.350 e. The van der Waals surface area contributed by atoms with Gasteiger partial charge in [0.05, 0.1) is 10.6 Å². The van der Waals surface area contributed by atoms with Crippen molar-refractivity contribution in [2.24, 2.45) is 4.99 Å². The van der Waals surface area contributed by atoms with E-state index in [1.165, 1.54) is 17.2 Å². The summed E-state index contributed by atoms with van der Waals surface area (Å²) in [6.45, 7) is 0. The maximum absolute atomic E-state index is 10.9. The van der Waals surface area contributed by atoms with E-state index in [1.54, 1.807) is 12.1 Å². The van der Waals surface area contributed by atoms with Crippen molar-refractivity contribution in [2.75, 3.05) is 5.32 Å². The number of aliphatic imine (C=N–C) groups is 1. The zero-order valence-corrected chi connectivity index (χ0v) is 20.5. The van der Waals surface area contributed by atoms with Crippen LogP contribution in [0.15, 0.2) is 111 Å². The molecular weight excluding hydrogens is 546 g/mol. The maximum atomic E-state index is 10.9. The number of halogens is 2. The van der Waals surface area contributed by atoms with Gasteiger partial charge in [-0.3, -0.25) is 15.1 Å². The summed E-state index contributed by atoms with van der Waals surface area (Å²) in [5.41, 5.74) is 5.00. The fourth-order valence-corrected chi connectivity index (χ4v) is 4.19. The van der Waals surface area contributed by atoms with Crippen LogP contribution in [0, 0.1) is 10.1 Å². The molecule has 1 atom stereocenters. The monoisotopic (exact) mass is 563 g/mol.